The highest BCUT2D eigenvalue weighted by Crippen LogP contribution is 2.39. The van der Waals surface area contributed by atoms with E-state index < -0.39 is 23.6 Å². The zero-order valence-electron chi connectivity index (χ0n) is 10.5. The van der Waals surface area contributed by atoms with Crippen LogP contribution in [0.3, 0.4) is 0 Å². The zero-order valence-corrected chi connectivity index (χ0v) is 10.5. The van der Waals surface area contributed by atoms with E-state index in [-0.39, 0.29) is 31.6 Å². The second kappa shape index (κ2) is 5.17. The topological polar surface area (TPSA) is 52.9 Å². The standard InChI is InChI=1S/C12H17F3N2O/c1-11(2,7-16)17-10(18)8-3-5-9(6-4-8)12(13,14)15/h8-9H,3-6H2,1-2H3,(H,17,18). The van der Waals surface area contributed by atoms with Crippen molar-refractivity contribution < 1.29 is 18.0 Å². The van der Waals surface area contributed by atoms with Crippen LogP contribution in [0.1, 0.15) is 39.5 Å². The second-order valence-corrected chi connectivity index (χ2v) is 5.32. The first kappa shape index (κ1) is 14.8. The number of nitriles is 1. The van der Waals surface area contributed by atoms with Crippen LogP contribution in [-0.4, -0.2) is 17.6 Å². The molecule has 0 saturated heterocycles. The summed E-state index contributed by atoms with van der Waals surface area (Å²) in [5.74, 6) is -2.01. The van der Waals surface area contributed by atoms with Gasteiger partial charge in [-0.05, 0) is 39.5 Å². The summed E-state index contributed by atoms with van der Waals surface area (Å²) < 4.78 is 37.4. The minimum absolute atomic E-state index is 0.00539. The summed E-state index contributed by atoms with van der Waals surface area (Å²) in [4.78, 5) is 11.8. The van der Waals surface area contributed by atoms with E-state index >= 15 is 0 Å². The fourth-order valence-corrected chi connectivity index (χ4v) is 2.12. The molecule has 0 aliphatic heterocycles. The Labute approximate surface area is 104 Å². The van der Waals surface area contributed by atoms with Gasteiger partial charge in [0.1, 0.15) is 5.54 Å². The number of nitrogens with one attached hydrogen (secondary N) is 1. The molecule has 0 heterocycles. The number of carbonyl (C=O) groups excluding carboxylic acids is 1. The van der Waals surface area contributed by atoms with Gasteiger partial charge in [-0.15, -0.1) is 0 Å². The third-order valence-electron chi connectivity index (χ3n) is 3.28. The molecule has 1 N–H and O–H groups in total. The number of amides is 1. The van der Waals surface area contributed by atoms with E-state index in [0.717, 1.165) is 0 Å². The van der Waals surface area contributed by atoms with E-state index in [2.05, 4.69) is 5.32 Å². The number of alkyl halides is 3. The second-order valence-electron chi connectivity index (χ2n) is 5.32. The summed E-state index contributed by atoms with van der Waals surface area (Å²) >= 11 is 0. The highest BCUT2D eigenvalue weighted by molar-refractivity contribution is 5.79. The van der Waals surface area contributed by atoms with Crippen molar-refractivity contribution in [2.24, 2.45) is 11.8 Å². The minimum Gasteiger partial charge on any atom is -0.338 e. The summed E-state index contributed by atoms with van der Waals surface area (Å²) in [6.07, 6.45) is -3.70. The molecule has 0 radical (unpaired) electrons. The SMILES string of the molecule is CC(C)(C#N)NC(=O)C1CCC(C(F)(F)F)CC1. The highest BCUT2D eigenvalue weighted by atomic mass is 19.4. The van der Waals surface area contributed by atoms with Gasteiger partial charge in [0, 0.05) is 5.92 Å². The Morgan fingerprint density at radius 3 is 2.11 bits per heavy atom. The number of hydrogen-bond donors (Lipinski definition) is 1. The van der Waals surface area contributed by atoms with Crippen molar-refractivity contribution in [2.75, 3.05) is 0 Å². The number of hydrogen-bond acceptors (Lipinski definition) is 2. The van der Waals surface area contributed by atoms with Crippen LogP contribution in [0.25, 0.3) is 0 Å². The molecule has 0 spiro atoms. The molecule has 1 saturated carbocycles. The van der Waals surface area contributed by atoms with E-state index in [1.54, 1.807) is 13.8 Å². The molecule has 1 rings (SSSR count). The molecule has 0 atom stereocenters. The molecule has 0 bridgehead atoms. The van der Waals surface area contributed by atoms with Crippen LogP contribution < -0.4 is 5.32 Å². The molecule has 0 aromatic rings. The number of carbonyl (C=O) groups is 1. The van der Waals surface area contributed by atoms with Gasteiger partial charge in [-0.3, -0.25) is 4.79 Å². The van der Waals surface area contributed by atoms with Crippen LogP contribution in [0.2, 0.25) is 0 Å². The van der Waals surface area contributed by atoms with Crippen LogP contribution in [0.5, 0.6) is 0 Å². The number of halogens is 3. The van der Waals surface area contributed by atoms with Crippen molar-refractivity contribution in [1.82, 2.24) is 5.32 Å². The Morgan fingerprint density at radius 2 is 1.72 bits per heavy atom. The molecule has 6 heteroatoms. The molecule has 1 aliphatic rings. The Kier molecular flexibility index (Phi) is 4.25. The normalized spacial score (nSPS) is 25.3. The summed E-state index contributed by atoms with van der Waals surface area (Å²) in [5.41, 5.74) is -0.974. The third kappa shape index (κ3) is 3.90. The lowest BCUT2D eigenvalue weighted by Crippen LogP contribution is -2.46. The monoisotopic (exact) mass is 262 g/mol. The smallest absolute Gasteiger partial charge is 0.338 e. The van der Waals surface area contributed by atoms with Gasteiger partial charge in [-0.2, -0.15) is 18.4 Å². The fourth-order valence-electron chi connectivity index (χ4n) is 2.12. The first-order valence-corrected chi connectivity index (χ1v) is 5.96. The van der Waals surface area contributed by atoms with E-state index in [0.29, 0.717) is 0 Å². The van der Waals surface area contributed by atoms with Crippen LogP contribution in [0.15, 0.2) is 0 Å². The quantitative estimate of drug-likeness (QED) is 0.832. The molecule has 18 heavy (non-hydrogen) atoms. The Hall–Kier alpha value is -1.25. The summed E-state index contributed by atoms with van der Waals surface area (Å²) in [6.45, 7) is 3.12. The molecule has 1 fully saturated rings. The lowest BCUT2D eigenvalue weighted by Gasteiger charge is -2.30. The van der Waals surface area contributed by atoms with Gasteiger partial charge in [-0.1, -0.05) is 0 Å². The first-order chi connectivity index (χ1) is 8.15. The zero-order chi connectivity index (χ0) is 14.0. The largest absolute Gasteiger partial charge is 0.391 e. The van der Waals surface area contributed by atoms with Crippen LogP contribution in [-0.2, 0) is 4.79 Å². The van der Waals surface area contributed by atoms with Crippen molar-refractivity contribution in [3.63, 3.8) is 0 Å². The van der Waals surface area contributed by atoms with Gasteiger partial charge in [0.25, 0.3) is 0 Å². The molecule has 0 aromatic carbocycles. The lowest BCUT2D eigenvalue weighted by atomic mass is 9.81. The summed E-state index contributed by atoms with van der Waals surface area (Å²) in [5, 5.41) is 11.3. The third-order valence-corrected chi connectivity index (χ3v) is 3.28. The van der Waals surface area contributed by atoms with Gasteiger partial charge < -0.3 is 5.32 Å². The maximum Gasteiger partial charge on any atom is 0.391 e. The van der Waals surface area contributed by atoms with Gasteiger partial charge in [0.2, 0.25) is 5.91 Å². The molecule has 3 nitrogen and oxygen atoms in total. The van der Waals surface area contributed by atoms with E-state index in [1.807, 2.05) is 6.07 Å². The molecule has 102 valence electrons. The van der Waals surface area contributed by atoms with E-state index in [1.165, 1.54) is 0 Å². The molecule has 0 aromatic heterocycles. The molecular formula is C12H17F3N2O. The number of rotatable bonds is 2. The average molecular weight is 262 g/mol. The van der Waals surface area contributed by atoms with E-state index in [4.69, 9.17) is 5.26 Å². The van der Waals surface area contributed by atoms with Crippen molar-refractivity contribution in [3.05, 3.63) is 0 Å². The van der Waals surface area contributed by atoms with Crippen molar-refractivity contribution in [3.8, 4) is 6.07 Å². The molecule has 0 unspecified atom stereocenters. The first-order valence-electron chi connectivity index (χ1n) is 5.96. The van der Waals surface area contributed by atoms with Crippen LogP contribution in [0, 0.1) is 23.2 Å². The molecule has 1 aliphatic carbocycles. The maximum absolute atomic E-state index is 12.5. The molecule has 1 amide bonds. The lowest BCUT2D eigenvalue weighted by molar-refractivity contribution is -0.184. The fraction of sp³-hybridized carbons (Fsp3) is 0.833. The summed E-state index contributed by atoms with van der Waals surface area (Å²) in [7, 11) is 0. The van der Waals surface area contributed by atoms with Crippen LogP contribution >= 0.6 is 0 Å². The van der Waals surface area contributed by atoms with Crippen molar-refractivity contribution in [2.45, 2.75) is 51.2 Å². The Bertz CT molecular complexity index is 349. The predicted molar refractivity (Wildman–Crippen MR) is 59.3 cm³/mol. The average Bonchev–Trinajstić information content (AvgIpc) is 2.27. The van der Waals surface area contributed by atoms with Crippen molar-refractivity contribution >= 4 is 5.91 Å². The highest BCUT2D eigenvalue weighted by Gasteiger charge is 2.42. The minimum atomic E-state index is -4.16. The van der Waals surface area contributed by atoms with Gasteiger partial charge in [0.05, 0.1) is 12.0 Å². The van der Waals surface area contributed by atoms with Gasteiger partial charge in [-0.25, -0.2) is 0 Å². The Morgan fingerprint density at radius 1 is 1.22 bits per heavy atom. The van der Waals surface area contributed by atoms with E-state index in [9.17, 15) is 18.0 Å². The number of nitrogens with zero attached hydrogens (tertiary/aromatic N) is 1. The van der Waals surface area contributed by atoms with Gasteiger partial charge >= 0.3 is 6.18 Å². The Balaban J connectivity index is 2.49. The molecular weight excluding hydrogens is 245 g/mol. The van der Waals surface area contributed by atoms with Crippen LogP contribution in [0.4, 0.5) is 13.2 Å². The van der Waals surface area contributed by atoms with Crippen molar-refractivity contribution in [1.29, 1.82) is 5.26 Å². The maximum atomic E-state index is 12.5. The van der Waals surface area contributed by atoms with Gasteiger partial charge in [0.15, 0.2) is 0 Å². The predicted octanol–water partition coefficient (Wildman–Crippen LogP) is 2.77. The summed E-state index contributed by atoms with van der Waals surface area (Å²) in [6, 6.07) is 1.93.